The molecule has 0 saturated carbocycles. The van der Waals surface area contributed by atoms with E-state index in [9.17, 15) is 14.7 Å². The Bertz CT molecular complexity index is 1090. The lowest BCUT2D eigenvalue weighted by Crippen LogP contribution is -2.37. The Morgan fingerprint density at radius 3 is 2.44 bits per heavy atom. The number of benzene rings is 2. The van der Waals surface area contributed by atoms with Gasteiger partial charge in [-0.25, -0.2) is 4.79 Å². The van der Waals surface area contributed by atoms with E-state index >= 15 is 0 Å². The van der Waals surface area contributed by atoms with Crippen molar-refractivity contribution in [3.63, 3.8) is 0 Å². The molecule has 2 aromatic carbocycles. The number of hydrogen-bond donors (Lipinski definition) is 1. The molecule has 6 nitrogen and oxygen atoms in total. The van der Waals surface area contributed by atoms with Crippen LogP contribution in [0.5, 0.6) is 11.5 Å². The molecule has 0 radical (unpaired) electrons. The van der Waals surface area contributed by atoms with Crippen molar-refractivity contribution in [2.45, 2.75) is 58.4 Å². The van der Waals surface area contributed by atoms with E-state index in [-0.39, 0.29) is 4.32 Å². The molecular formula is C28H33NO5S2. The van der Waals surface area contributed by atoms with Gasteiger partial charge >= 0.3 is 5.97 Å². The highest BCUT2D eigenvalue weighted by atomic mass is 32.2. The molecule has 1 N–H and O–H groups in total. The second-order valence-electron chi connectivity index (χ2n) is 8.46. The van der Waals surface area contributed by atoms with Crippen molar-refractivity contribution >= 4 is 46.3 Å². The summed E-state index contributed by atoms with van der Waals surface area (Å²) < 4.78 is 12.0. The van der Waals surface area contributed by atoms with E-state index in [1.807, 2.05) is 25.1 Å². The van der Waals surface area contributed by atoms with E-state index in [1.54, 1.807) is 36.4 Å². The Kier molecular flexibility index (Phi) is 10.8. The lowest BCUT2D eigenvalue weighted by Gasteiger charge is -2.23. The van der Waals surface area contributed by atoms with Gasteiger partial charge < -0.3 is 14.6 Å². The Labute approximate surface area is 222 Å². The van der Waals surface area contributed by atoms with E-state index in [0.717, 1.165) is 30.2 Å². The van der Waals surface area contributed by atoms with E-state index in [1.165, 1.54) is 30.6 Å². The summed E-state index contributed by atoms with van der Waals surface area (Å²) in [5, 5.41) is 9.85. The average molecular weight is 528 g/mol. The Hall–Kier alpha value is -2.84. The van der Waals surface area contributed by atoms with Crippen molar-refractivity contribution in [2.24, 2.45) is 0 Å². The average Bonchev–Trinajstić information content (AvgIpc) is 3.13. The molecule has 1 unspecified atom stereocenters. The molecule has 1 atom stereocenters. The molecule has 1 aliphatic rings. The van der Waals surface area contributed by atoms with Gasteiger partial charge in [0.1, 0.15) is 4.32 Å². The zero-order valence-electron chi connectivity index (χ0n) is 20.8. The molecule has 8 heteroatoms. The highest BCUT2D eigenvalue weighted by Gasteiger charge is 2.41. The summed E-state index contributed by atoms with van der Waals surface area (Å²) in [6.45, 7) is 5.22. The smallest absolute Gasteiger partial charge is 0.331 e. The van der Waals surface area contributed by atoms with Crippen molar-refractivity contribution in [1.29, 1.82) is 0 Å². The van der Waals surface area contributed by atoms with Crippen LogP contribution >= 0.6 is 24.0 Å². The summed E-state index contributed by atoms with van der Waals surface area (Å²) in [6, 6.07) is 13.0. The largest absolute Gasteiger partial charge is 0.490 e. The van der Waals surface area contributed by atoms with Crippen molar-refractivity contribution in [2.75, 3.05) is 13.2 Å². The maximum Gasteiger partial charge on any atom is 0.331 e. The third-order valence-corrected chi connectivity index (χ3v) is 7.08. The first-order valence-electron chi connectivity index (χ1n) is 12.4. The molecule has 0 aromatic heterocycles. The molecule has 1 fully saturated rings. The summed E-state index contributed by atoms with van der Waals surface area (Å²) in [7, 11) is 0. The molecule has 36 heavy (non-hydrogen) atoms. The van der Waals surface area contributed by atoms with Gasteiger partial charge in [-0.15, -0.1) is 0 Å². The van der Waals surface area contributed by atoms with Gasteiger partial charge in [0.2, 0.25) is 0 Å². The molecule has 1 aliphatic heterocycles. The van der Waals surface area contributed by atoms with E-state index in [4.69, 9.17) is 21.7 Å². The fourth-order valence-electron chi connectivity index (χ4n) is 3.96. The maximum atomic E-state index is 13.2. The van der Waals surface area contributed by atoms with Crippen LogP contribution in [-0.4, -0.2) is 39.4 Å². The van der Waals surface area contributed by atoms with Gasteiger partial charge in [-0.1, -0.05) is 99.4 Å². The number of carboxylic acid groups (broad SMARTS) is 1. The summed E-state index contributed by atoms with van der Waals surface area (Å²) in [4.78, 5) is 26.8. The highest BCUT2D eigenvalue weighted by Crippen LogP contribution is 2.39. The van der Waals surface area contributed by atoms with Crippen LogP contribution < -0.4 is 9.47 Å². The fourth-order valence-corrected chi connectivity index (χ4v) is 5.27. The van der Waals surface area contributed by atoms with E-state index in [2.05, 4.69) is 6.92 Å². The molecule has 0 spiro atoms. The minimum atomic E-state index is -1.18. The number of thiocarbonyl (C=S) groups is 1. The van der Waals surface area contributed by atoms with Crippen LogP contribution in [0.25, 0.3) is 6.08 Å². The normalized spacial score (nSPS) is 15.4. The molecule has 1 saturated heterocycles. The zero-order valence-corrected chi connectivity index (χ0v) is 22.4. The van der Waals surface area contributed by atoms with E-state index in [0.29, 0.717) is 35.2 Å². The van der Waals surface area contributed by atoms with Gasteiger partial charge in [-0.2, -0.15) is 0 Å². The third kappa shape index (κ3) is 7.34. The number of unbranched alkanes of at least 4 members (excludes halogenated alkanes) is 5. The lowest BCUT2D eigenvalue weighted by molar-refractivity contribution is -0.145. The van der Waals surface area contributed by atoms with Gasteiger partial charge in [0, 0.05) is 0 Å². The molecule has 2 aromatic rings. The number of hydrogen-bond acceptors (Lipinski definition) is 6. The maximum absolute atomic E-state index is 13.2. The van der Waals surface area contributed by atoms with Crippen molar-refractivity contribution in [3.8, 4) is 11.5 Å². The number of carbonyl (C=O) groups is 2. The fraction of sp³-hybridized carbons (Fsp3) is 0.393. The minimum Gasteiger partial charge on any atom is -0.490 e. The first-order chi connectivity index (χ1) is 17.5. The van der Waals surface area contributed by atoms with Crippen LogP contribution in [0, 0.1) is 0 Å². The lowest BCUT2D eigenvalue weighted by atomic mass is 10.1. The van der Waals surface area contributed by atoms with Gasteiger partial charge in [-0.3, -0.25) is 9.69 Å². The van der Waals surface area contributed by atoms with Crippen LogP contribution in [0.2, 0.25) is 0 Å². The Balaban J connectivity index is 1.73. The predicted molar refractivity (Wildman–Crippen MR) is 148 cm³/mol. The highest BCUT2D eigenvalue weighted by molar-refractivity contribution is 8.26. The zero-order chi connectivity index (χ0) is 25.9. The standard InChI is InChI=1S/C28H33NO5S2/c1-3-5-6-7-8-12-17-34-22-16-15-20(18-23(22)33-4-2)19-24-26(30)29(28(35)36-24)25(27(31)32)21-13-10-9-11-14-21/h9-11,13-16,18-19,25H,3-8,12,17H2,1-2H3,(H,31,32). The molecule has 0 bridgehead atoms. The third-order valence-electron chi connectivity index (χ3n) is 5.75. The Morgan fingerprint density at radius 1 is 1.03 bits per heavy atom. The van der Waals surface area contributed by atoms with Crippen LogP contribution in [0.15, 0.2) is 53.4 Å². The number of nitrogens with zero attached hydrogens (tertiary/aromatic N) is 1. The van der Waals surface area contributed by atoms with Gasteiger partial charge in [0.05, 0.1) is 18.1 Å². The van der Waals surface area contributed by atoms with Gasteiger partial charge in [0.15, 0.2) is 17.5 Å². The summed E-state index contributed by atoms with van der Waals surface area (Å²) in [5.74, 6) is -0.280. The van der Waals surface area contributed by atoms with Crippen molar-refractivity contribution in [1.82, 2.24) is 4.90 Å². The van der Waals surface area contributed by atoms with Gasteiger partial charge in [0.25, 0.3) is 5.91 Å². The molecule has 1 amide bonds. The van der Waals surface area contributed by atoms with Crippen LogP contribution in [0.3, 0.4) is 0 Å². The Morgan fingerprint density at radius 2 is 1.75 bits per heavy atom. The van der Waals surface area contributed by atoms with Crippen LogP contribution in [0.1, 0.15) is 69.5 Å². The molecular weight excluding hydrogens is 494 g/mol. The predicted octanol–water partition coefficient (Wildman–Crippen LogP) is 6.85. The molecule has 192 valence electrons. The number of carboxylic acids is 1. The number of thioether (sulfide) groups is 1. The molecule has 1 heterocycles. The second kappa shape index (κ2) is 14.0. The van der Waals surface area contributed by atoms with Crippen LogP contribution in [0.4, 0.5) is 0 Å². The number of ether oxygens (including phenoxy) is 2. The number of carbonyl (C=O) groups excluding carboxylic acids is 1. The molecule has 0 aliphatic carbocycles. The summed E-state index contributed by atoms with van der Waals surface area (Å²) in [6.07, 6.45) is 8.84. The van der Waals surface area contributed by atoms with Crippen molar-refractivity contribution in [3.05, 3.63) is 64.6 Å². The number of amides is 1. The second-order valence-corrected chi connectivity index (χ2v) is 10.1. The monoisotopic (exact) mass is 527 g/mol. The van der Waals surface area contributed by atoms with E-state index < -0.39 is 17.9 Å². The first kappa shape index (κ1) is 27.7. The quantitative estimate of drug-likeness (QED) is 0.164. The molecule has 3 rings (SSSR count). The van der Waals surface area contributed by atoms with Gasteiger partial charge in [-0.05, 0) is 42.7 Å². The topological polar surface area (TPSA) is 76.1 Å². The number of aliphatic carboxylic acids is 1. The summed E-state index contributed by atoms with van der Waals surface area (Å²) in [5.41, 5.74) is 1.24. The SMILES string of the molecule is CCCCCCCCOc1ccc(C=C2SC(=S)N(C(C(=O)O)c3ccccc3)C2=O)cc1OCC. The number of rotatable bonds is 14. The van der Waals surface area contributed by atoms with Crippen LogP contribution in [-0.2, 0) is 9.59 Å². The van der Waals surface area contributed by atoms with Crippen molar-refractivity contribution < 1.29 is 24.2 Å². The first-order valence-corrected chi connectivity index (χ1v) is 13.6. The summed E-state index contributed by atoms with van der Waals surface area (Å²) >= 11 is 6.51. The minimum absolute atomic E-state index is 0.214.